The average molecular weight is 400 g/mol. The fraction of sp³-hybridized carbons (Fsp3) is 0.167. The first-order valence-electron chi connectivity index (χ1n) is 8.10. The van der Waals surface area contributed by atoms with E-state index in [4.69, 9.17) is 4.74 Å². The number of nitrogens with zero attached hydrogens (tertiary/aromatic N) is 3. The van der Waals surface area contributed by atoms with Gasteiger partial charge in [-0.25, -0.2) is 8.42 Å². The van der Waals surface area contributed by atoms with Crippen LogP contribution in [-0.2, 0) is 15.6 Å². The molecule has 0 radical (unpaired) electrons. The largest absolute Gasteiger partial charge is 0.497 e. The Morgan fingerprint density at radius 2 is 2.04 bits per heavy atom. The number of ether oxygens (including phenoxy) is 1. The summed E-state index contributed by atoms with van der Waals surface area (Å²) < 4.78 is 32.7. The topological polar surface area (TPSA) is 97.8 Å². The Bertz CT molecular complexity index is 1210. The van der Waals surface area contributed by atoms with Gasteiger partial charge in [-0.05, 0) is 47.5 Å². The molecule has 0 aliphatic rings. The van der Waals surface area contributed by atoms with E-state index in [-0.39, 0.29) is 5.75 Å². The van der Waals surface area contributed by atoms with E-state index in [2.05, 4.69) is 20.6 Å². The molecule has 0 fully saturated rings. The highest BCUT2D eigenvalue weighted by Crippen LogP contribution is 2.37. The summed E-state index contributed by atoms with van der Waals surface area (Å²) in [6.45, 7) is 1.83. The number of hydrogen-bond donors (Lipinski definition) is 1. The van der Waals surface area contributed by atoms with Gasteiger partial charge in [0.1, 0.15) is 9.96 Å². The number of aromatic amines is 1. The lowest BCUT2D eigenvalue weighted by Crippen LogP contribution is -2.04. The first-order chi connectivity index (χ1) is 13.0. The first kappa shape index (κ1) is 17.6. The van der Waals surface area contributed by atoms with Gasteiger partial charge in [-0.3, -0.25) is 0 Å². The zero-order chi connectivity index (χ0) is 19.0. The first-order valence-corrected chi connectivity index (χ1v) is 10.6. The summed E-state index contributed by atoms with van der Waals surface area (Å²) in [4.78, 5) is 0. The molecule has 27 heavy (non-hydrogen) atoms. The van der Waals surface area contributed by atoms with Gasteiger partial charge in [0, 0.05) is 15.6 Å². The third kappa shape index (κ3) is 3.31. The van der Waals surface area contributed by atoms with Gasteiger partial charge in [0.25, 0.3) is 0 Å². The summed E-state index contributed by atoms with van der Waals surface area (Å²) >= 11 is 1.29. The SMILES string of the molecule is COc1ccc2sc(S(=O)(=O)Cc3cccc(-c4nn[nH]n4)c3)c(C)c2c1. The number of sulfone groups is 1. The molecule has 0 spiro atoms. The molecule has 0 amide bonds. The quantitative estimate of drug-likeness (QED) is 0.551. The van der Waals surface area contributed by atoms with Gasteiger partial charge in [0.15, 0.2) is 9.84 Å². The van der Waals surface area contributed by atoms with Crippen molar-refractivity contribution >= 4 is 31.3 Å². The maximum atomic E-state index is 13.1. The predicted octanol–water partition coefficient (Wildman–Crippen LogP) is 3.37. The van der Waals surface area contributed by atoms with Crippen molar-refractivity contribution in [3.8, 4) is 17.1 Å². The van der Waals surface area contributed by atoms with E-state index in [1.807, 2.05) is 31.2 Å². The fourth-order valence-corrected chi connectivity index (χ4v) is 6.17. The number of hydrogen-bond acceptors (Lipinski definition) is 7. The highest BCUT2D eigenvalue weighted by atomic mass is 32.2. The van der Waals surface area contributed by atoms with E-state index in [1.54, 1.807) is 25.3 Å². The molecule has 1 N–H and O–H groups in total. The van der Waals surface area contributed by atoms with Crippen molar-refractivity contribution in [2.75, 3.05) is 7.11 Å². The van der Waals surface area contributed by atoms with Crippen LogP contribution in [0.2, 0.25) is 0 Å². The van der Waals surface area contributed by atoms with E-state index in [0.717, 1.165) is 15.6 Å². The standard InChI is InChI=1S/C18H16N4O3S2/c1-11-15-9-14(25-2)6-7-16(15)26-18(11)27(23,24)10-12-4-3-5-13(8-12)17-19-21-22-20-17/h3-9H,10H2,1-2H3,(H,19,20,21,22). The Morgan fingerprint density at radius 3 is 2.78 bits per heavy atom. The molecule has 2 heterocycles. The Hall–Kier alpha value is -2.78. The molecule has 0 bridgehead atoms. The lowest BCUT2D eigenvalue weighted by atomic mass is 10.1. The summed E-state index contributed by atoms with van der Waals surface area (Å²) in [5.41, 5.74) is 2.14. The van der Waals surface area contributed by atoms with Gasteiger partial charge in [-0.2, -0.15) is 5.21 Å². The molecule has 4 rings (SSSR count). The van der Waals surface area contributed by atoms with Crippen LogP contribution >= 0.6 is 11.3 Å². The molecule has 2 aromatic carbocycles. The molecule has 9 heteroatoms. The number of thiophene rings is 1. The highest BCUT2D eigenvalue weighted by molar-refractivity contribution is 7.93. The molecule has 0 aliphatic heterocycles. The molecule has 4 aromatic rings. The summed E-state index contributed by atoms with van der Waals surface area (Å²) in [6.07, 6.45) is 0. The molecule has 0 atom stereocenters. The number of benzene rings is 2. The number of aromatic nitrogens is 4. The van der Waals surface area contributed by atoms with Gasteiger partial charge in [0.05, 0.1) is 12.9 Å². The van der Waals surface area contributed by atoms with E-state index in [0.29, 0.717) is 26.9 Å². The zero-order valence-corrected chi connectivity index (χ0v) is 16.3. The molecular weight excluding hydrogens is 384 g/mol. The summed E-state index contributed by atoms with van der Waals surface area (Å²) in [7, 11) is -1.90. The van der Waals surface area contributed by atoms with E-state index >= 15 is 0 Å². The van der Waals surface area contributed by atoms with E-state index < -0.39 is 9.84 Å². The summed E-state index contributed by atoms with van der Waals surface area (Å²) in [6, 6.07) is 12.8. The Morgan fingerprint density at radius 1 is 1.19 bits per heavy atom. The van der Waals surface area contributed by atoms with Gasteiger partial charge >= 0.3 is 0 Å². The molecule has 0 aliphatic carbocycles. The average Bonchev–Trinajstić information content (AvgIpc) is 3.30. The van der Waals surface area contributed by atoms with Crippen LogP contribution in [0.4, 0.5) is 0 Å². The van der Waals surface area contributed by atoms with Crippen LogP contribution in [0, 0.1) is 6.92 Å². The van der Waals surface area contributed by atoms with Gasteiger partial charge < -0.3 is 4.74 Å². The van der Waals surface area contributed by atoms with E-state index in [1.165, 1.54) is 11.3 Å². The molecule has 0 saturated carbocycles. The Balaban J connectivity index is 1.71. The number of H-pyrrole nitrogens is 1. The van der Waals surface area contributed by atoms with Gasteiger partial charge in [0.2, 0.25) is 5.82 Å². The normalized spacial score (nSPS) is 11.8. The Labute approximate surface area is 159 Å². The summed E-state index contributed by atoms with van der Waals surface area (Å²) in [5.74, 6) is 1.04. The number of rotatable bonds is 5. The van der Waals surface area contributed by atoms with Crippen LogP contribution in [0.3, 0.4) is 0 Å². The van der Waals surface area contributed by atoms with Crippen molar-refractivity contribution < 1.29 is 13.2 Å². The molecule has 7 nitrogen and oxygen atoms in total. The maximum Gasteiger partial charge on any atom is 0.204 e. The number of fused-ring (bicyclic) bond motifs is 1. The predicted molar refractivity (Wildman–Crippen MR) is 104 cm³/mol. The van der Waals surface area contributed by atoms with Crippen LogP contribution in [0.5, 0.6) is 5.75 Å². The lowest BCUT2D eigenvalue weighted by Gasteiger charge is -2.05. The van der Waals surface area contributed by atoms with Crippen LogP contribution < -0.4 is 4.74 Å². The minimum absolute atomic E-state index is 0.0938. The molecule has 0 saturated heterocycles. The second kappa shape index (κ2) is 6.75. The smallest absolute Gasteiger partial charge is 0.204 e. The van der Waals surface area contributed by atoms with E-state index in [9.17, 15) is 8.42 Å². The molecular formula is C18H16N4O3S2. The highest BCUT2D eigenvalue weighted by Gasteiger charge is 2.23. The Kier molecular flexibility index (Phi) is 4.40. The van der Waals surface area contributed by atoms with Crippen LogP contribution in [-0.4, -0.2) is 36.2 Å². The van der Waals surface area contributed by atoms with Crippen LogP contribution in [0.15, 0.2) is 46.7 Å². The number of tetrazole rings is 1. The number of nitrogens with one attached hydrogen (secondary N) is 1. The van der Waals surface area contributed by atoms with Crippen molar-refractivity contribution in [3.05, 3.63) is 53.6 Å². The van der Waals surface area contributed by atoms with Crippen molar-refractivity contribution in [3.63, 3.8) is 0 Å². The number of methoxy groups -OCH3 is 1. The van der Waals surface area contributed by atoms with Crippen LogP contribution in [0.25, 0.3) is 21.5 Å². The molecule has 2 aromatic heterocycles. The maximum absolute atomic E-state index is 13.1. The van der Waals surface area contributed by atoms with Crippen molar-refractivity contribution in [1.29, 1.82) is 0 Å². The third-order valence-corrected chi connectivity index (χ3v) is 7.93. The van der Waals surface area contributed by atoms with Crippen LogP contribution in [0.1, 0.15) is 11.1 Å². The number of aryl methyl sites for hydroxylation is 1. The second-order valence-electron chi connectivity index (χ2n) is 6.07. The van der Waals surface area contributed by atoms with Gasteiger partial charge in [-0.1, -0.05) is 18.2 Å². The van der Waals surface area contributed by atoms with Gasteiger partial charge in [-0.15, -0.1) is 21.5 Å². The van der Waals surface area contributed by atoms with Crippen molar-refractivity contribution in [2.45, 2.75) is 16.9 Å². The zero-order valence-electron chi connectivity index (χ0n) is 14.6. The third-order valence-electron chi connectivity index (χ3n) is 4.27. The second-order valence-corrected chi connectivity index (χ2v) is 9.31. The lowest BCUT2D eigenvalue weighted by molar-refractivity contribution is 0.415. The minimum atomic E-state index is -3.50. The monoisotopic (exact) mass is 400 g/mol. The molecule has 0 unspecified atom stereocenters. The molecule has 138 valence electrons. The summed E-state index contributed by atoms with van der Waals surface area (Å²) in [5, 5.41) is 14.7. The fourth-order valence-electron chi connectivity index (χ4n) is 2.97. The van der Waals surface area contributed by atoms with Crippen molar-refractivity contribution in [2.24, 2.45) is 0 Å². The minimum Gasteiger partial charge on any atom is -0.497 e. The van der Waals surface area contributed by atoms with Crippen molar-refractivity contribution in [1.82, 2.24) is 20.6 Å².